The molecule has 0 saturated carbocycles. The molecule has 0 bridgehead atoms. The van der Waals surface area contributed by atoms with Gasteiger partial charge in [-0.05, 0) is 17.9 Å². The van der Waals surface area contributed by atoms with E-state index in [0.29, 0.717) is 19.1 Å². The highest BCUT2D eigenvalue weighted by atomic mass is 16.5. The molecule has 0 saturated heterocycles. The van der Waals surface area contributed by atoms with Crippen molar-refractivity contribution in [3.8, 4) is 0 Å². The molecule has 0 radical (unpaired) electrons. The van der Waals surface area contributed by atoms with Crippen LogP contribution >= 0.6 is 0 Å². The topological polar surface area (TPSA) is 26.3 Å². The first-order chi connectivity index (χ1) is 7.72. The van der Waals surface area contributed by atoms with Gasteiger partial charge in [0.05, 0.1) is 6.61 Å². The Labute approximate surface area is 97.6 Å². The minimum absolute atomic E-state index is 0.135. The van der Waals surface area contributed by atoms with Crippen LogP contribution in [0.25, 0.3) is 0 Å². The van der Waals surface area contributed by atoms with Crippen LogP contribution in [0.15, 0.2) is 30.3 Å². The van der Waals surface area contributed by atoms with E-state index in [2.05, 4.69) is 19.1 Å². The van der Waals surface area contributed by atoms with E-state index < -0.39 is 0 Å². The van der Waals surface area contributed by atoms with Gasteiger partial charge in [-0.15, -0.1) is 0 Å². The summed E-state index contributed by atoms with van der Waals surface area (Å²) in [5.74, 6) is 0.569. The molecule has 0 aliphatic rings. The average Bonchev–Trinajstić information content (AvgIpc) is 2.30. The van der Waals surface area contributed by atoms with Gasteiger partial charge in [-0.2, -0.15) is 0 Å². The zero-order chi connectivity index (χ0) is 11.8. The van der Waals surface area contributed by atoms with Gasteiger partial charge in [-0.25, -0.2) is 0 Å². The minimum atomic E-state index is 0.135. The predicted molar refractivity (Wildman–Crippen MR) is 65.1 cm³/mol. The van der Waals surface area contributed by atoms with E-state index in [9.17, 15) is 4.79 Å². The fourth-order valence-corrected chi connectivity index (χ4v) is 1.71. The van der Waals surface area contributed by atoms with Gasteiger partial charge in [0, 0.05) is 12.5 Å². The lowest BCUT2D eigenvalue weighted by molar-refractivity contribution is -0.111. The Bertz CT molecular complexity index is 295. The van der Waals surface area contributed by atoms with Crippen molar-refractivity contribution >= 4 is 6.29 Å². The third kappa shape index (κ3) is 5.08. The molecular weight excluding hydrogens is 200 g/mol. The van der Waals surface area contributed by atoms with Crippen molar-refractivity contribution in [2.24, 2.45) is 11.8 Å². The van der Waals surface area contributed by atoms with E-state index in [0.717, 1.165) is 12.7 Å². The fourth-order valence-electron chi connectivity index (χ4n) is 1.71. The molecule has 0 fully saturated rings. The number of hydrogen-bond acceptors (Lipinski definition) is 2. The van der Waals surface area contributed by atoms with Crippen LogP contribution in [0.4, 0.5) is 0 Å². The minimum Gasteiger partial charge on any atom is -0.376 e. The molecule has 16 heavy (non-hydrogen) atoms. The van der Waals surface area contributed by atoms with Gasteiger partial charge in [0.15, 0.2) is 0 Å². The summed E-state index contributed by atoms with van der Waals surface area (Å²) >= 11 is 0. The molecular formula is C14H20O2. The SMILES string of the molecule is C[C@H](COCc1ccccc1)C[C@H](C)C=O. The third-order valence-corrected chi connectivity index (χ3v) is 2.52. The van der Waals surface area contributed by atoms with Crippen LogP contribution in [-0.2, 0) is 16.1 Å². The summed E-state index contributed by atoms with van der Waals surface area (Å²) in [5.41, 5.74) is 1.19. The van der Waals surface area contributed by atoms with Crippen molar-refractivity contribution < 1.29 is 9.53 Å². The van der Waals surface area contributed by atoms with E-state index in [1.165, 1.54) is 5.56 Å². The van der Waals surface area contributed by atoms with Gasteiger partial charge in [0.2, 0.25) is 0 Å². The van der Waals surface area contributed by atoms with E-state index in [-0.39, 0.29) is 5.92 Å². The number of carbonyl (C=O) groups is 1. The highest BCUT2D eigenvalue weighted by molar-refractivity contribution is 5.52. The smallest absolute Gasteiger partial charge is 0.122 e. The zero-order valence-electron chi connectivity index (χ0n) is 10.1. The van der Waals surface area contributed by atoms with E-state index in [1.54, 1.807) is 0 Å². The van der Waals surface area contributed by atoms with Crippen LogP contribution in [-0.4, -0.2) is 12.9 Å². The monoisotopic (exact) mass is 220 g/mol. The maximum Gasteiger partial charge on any atom is 0.122 e. The van der Waals surface area contributed by atoms with E-state index in [1.807, 2.05) is 25.1 Å². The summed E-state index contributed by atoms with van der Waals surface area (Å²) in [6, 6.07) is 10.1. The maximum atomic E-state index is 10.5. The van der Waals surface area contributed by atoms with Gasteiger partial charge in [0.1, 0.15) is 6.29 Å². The van der Waals surface area contributed by atoms with Gasteiger partial charge in [-0.3, -0.25) is 0 Å². The number of carbonyl (C=O) groups excluding carboxylic acids is 1. The van der Waals surface area contributed by atoms with Crippen molar-refractivity contribution in [1.29, 1.82) is 0 Å². The van der Waals surface area contributed by atoms with Crippen molar-refractivity contribution in [3.63, 3.8) is 0 Å². The van der Waals surface area contributed by atoms with Crippen molar-refractivity contribution in [3.05, 3.63) is 35.9 Å². The van der Waals surface area contributed by atoms with Gasteiger partial charge >= 0.3 is 0 Å². The van der Waals surface area contributed by atoms with Gasteiger partial charge < -0.3 is 9.53 Å². The van der Waals surface area contributed by atoms with Crippen molar-refractivity contribution in [2.45, 2.75) is 26.9 Å². The van der Waals surface area contributed by atoms with Crippen LogP contribution in [0.1, 0.15) is 25.8 Å². The van der Waals surface area contributed by atoms with Crippen LogP contribution in [0.3, 0.4) is 0 Å². The van der Waals surface area contributed by atoms with E-state index >= 15 is 0 Å². The van der Waals surface area contributed by atoms with Gasteiger partial charge in [-0.1, -0.05) is 44.2 Å². The molecule has 1 aromatic carbocycles. The zero-order valence-corrected chi connectivity index (χ0v) is 10.1. The van der Waals surface area contributed by atoms with Crippen LogP contribution in [0.5, 0.6) is 0 Å². The molecule has 0 aromatic heterocycles. The number of hydrogen-bond donors (Lipinski definition) is 0. The Morgan fingerprint density at radius 2 is 1.94 bits per heavy atom. The van der Waals surface area contributed by atoms with Crippen LogP contribution in [0.2, 0.25) is 0 Å². The Kier molecular flexibility index (Phi) is 5.79. The molecule has 0 amide bonds. The highest BCUT2D eigenvalue weighted by Crippen LogP contribution is 2.11. The molecule has 1 aromatic rings. The summed E-state index contributed by atoms with van der Waals surface area (Å²) < 4.78 is 5.61. The number of ether oxygens (including phenoxy) is 1. The molecule has 1 rings (SSSR count). The molecule has 0 unspecified atom stereocenters. The summed E-state index contributed by atoms with van der Waals surface area (Å²) in [7, 11) is 0. The average molecular weight is 220 g/mol. The van der Waals surface area contributed by atoms with Crippen LogP contribution in [0, 0.1) is 11.8 Å². The Hall–Kier alpha value is -1.15. The Morgan fingerprint density at radius 1 is 1.25 bits per heavy atom. The van der Waals surface area contributed by atoms with Crippen molar-refractivity contribution in [1.82, 2.24) is 0 Å². The van der Waals surface area contributed by atoms with Crippen molar-refractivity contribution in [2.75, 3.05) is 6.61 Å². The number of aldehydes is 1. The molecule has 88 valence electrons. The second-order valence-corrected chi connectivity index (χ2v) is 4.45. The summed E-state index contributed by atoms with van der Waals surface area (Å²) in [6.07, 6.45) is 1.91. The second kappa shape index (κ2) is 7.18. The molecule has 0 spiro atoms. The molecule has 0 N–H and O–H groups in total. The maximum absolute atomic E-state index is 10.5. The molecule has 0 aliphatic heterocycles. The third-order valence-electron chi connectivity index (χ3n) is 2.52. The Balaban J connectivity index is 2.18. The normalized spacial score (nSPS) is 14.4. The summed E-state index contributed by atoms with van der Waals surface area (Å²) in [6.45, 7) is 5.43. The second-order valence-electron chi connectivity index (χ2n) is 4.45. The lowest BCUT2D eigenvalue weighted by Crippen LogP contribution is -2.10. The molecule has 0 heterocycles. The molecule has 0 aliphatic carbocycles. The lowest BCUT2D eigenvalue weighted by Gasteiger charge is -2.13. The summed E-state index contributed by atoms with van der Waals surface area (Å²) in [4.78, 5) is 10.5. The first-order valence-corrected chi connectivity index (χ1v) is 5.79. The first-order valence-electron chi connectivity index (χ1n) is 5.79. The largest absolute Gasteiger partial charge is 0.376 e. The highest BCUT2D eigenvalue weighted by Gasteiger charge is 2.07. The molecule has 2 heteroatoms. The summed E-state index contributed by atoms with van der Waals surface area (Å²) in [5, 5.41) is 0. The Morgan fingerprint density at radius 3 is 2.56 bits per heavy atom. The molecule has 2 atom stereocenters. The quantitative estimate of drug-likeness (QED) is 0.660. The van der Waals surface area contributed by atoms with E-state index in [4.69, 9.17) is 4.74 Å². The predicted octanol–water partition coefficient (Wildman–Crippen LogP) is 3.06. The van der Waals surface area contributed by atoms with Gasteiger partial charge in [0.25, 0.3) is 0 Å². The van der Waals surface area contributed by atoms with Crippen LogP contribution < -0.4 is 0 Å². The first kappa shape index (κ1) is 12.9. The number of rotatable bonds is 7. The molecule has 2 nitrogen and oxygen atoms in total. The fraction of sp³-hybridized carbons (Fsp3) is 0.500. The standard InChI is InChI=1S/C14H20O2/c1-12(9-15)8-13(2)10-16-11-14-6-4-3-5-7-14/h3-7,9,12-13H,8,10-11H2,1-2H3/t12-,13-/m0/s1. The lowest BCUT2D eigenvalue weighted by atomic mass is 9.99. The number of benzene rings is 1.